The second-order valence-corrected chi connectivity index (χ2v) is 6.78. The zero-order valence-electron chi connectivity index (χ0n) is 12.2. The van der Waals surface area contributed by atoms with Crippen molar-refractivity contribution in [2.75, 3.05) is 13.1 Å². The van der Waals surface area contributed by atoms with Crippen LogP contribution in [0.1, 0.15) is 58.3 Å². The van der Waals surface area contributed by atoms with Crippen LogP contribution in [0, 0.1) is 11.8 Å². The Morgan fingerprint density at radius 2 is 1.84 bits per heavy atom. The lowest BCUT2D eigenvalue weighted by molar-refractivity contribution is -0.137. The molecule has 108 valence electrons. The van der Waals surface area contributed by atoms with Crippen LogP contribution in [0.15, 0.2) is 0 Å². The summed E-state index contributed by atoms with van der Waals surface area (Å²) >= 11 is 0. The third-order valence-electron chi connectivity index (χ3n) is 5.62. The molecule has 3 rings (SSSR count). The number of rotatable bonds is 2. The average molecular weight is 264 g/mol. The fourth-order valence-electron chi connectivity index (χ4n) is 4.48. The third kappa shape index (κ3) is 2.67. The molecule has 3 heteroatoms. The lowest BCUT2D eigenvalue weighted by atomic mass is 9.82. The number of nitrogens with one attached hydrogen (secondary N) is 1. The van der Waals surface area contributed by atoms with E-state index >= 15 is 0 Å². The molecule has 0 aromatic rings. The van der Waals surface area contributed by atoms with Crippen LogP contribution in [0.4, 0.5) is 0 Å². The van der Waals surface area contributed by atoms with Crippen LogP contribution in [-0.4, -0.2) is 36.0 Å². The standard InChI is InChI=1S/C16H28N2O/c1-12-14(9-10-17-12)16(19)18-11-5-8-15(18)13-6-3-2-4-7-13/h12-15,17H,2-11H2,1H3. The van der Waals surface area contributed by atoms with E-state index in [0.29, 0.717) is 18.0 Å². The van der Waals surface area contributed by atoms with Gasteiger partial charge in [-0.15, -0.1) is 0 Å². The van der Waals surface area contributed by atoms with Crippen LogP contribution in [0.5, 0.6) is 0 Å². The second-order valence-electron chi connectivity index (χ2n) is 6.78. The lowest BCUT2D eigenvalue weighted by Gasteiger charge is -2.35. The molecule has 3 fully saturated rings. The van der Waals surface area contributed by atoms with E-state index < -0.39 is 0 Å². The number of hydrogen-bond acceptors (Lipinski definition) is 2. The normalized spacial score (nSPS) is 36.9. The number of nitrogens with zero attached hydrogens (tertiary/aromatic N) is 1. The summed E-state index contributed by atoms with van der Waals surface area (Å²) in [6.45, 7) is 4.20. The minimum atomic E-state index is 0.240. The summed E-state index contributed by atoms with van der Waals surface area (Å²) < 4.78 is 0. The van der Waals surface area contributed by atoms with Crippen LogP contribution in [-0.2, 0) is 4.79 Å². The fourth-order valence-corrected chi connectivity index (χ4v) is 4.48. The van der Waals surface area contributed by atoms with Gasteiger partial charge in [-0.1, -0.05) is 19.3 Å². The van der Waals surface area contributed by atoms with E-state index in [1.807, 2.05) is 0 Å². The van der Waals surface area contributed by atoms with Crippen molar-refractivity contribution in [2.24, 2.45) is 11.8 Å². The molecule has 0 aromatic carbocycles. The van der Waals surface area contributed by atoms with Crippen LogP contribution >= 0.6 is 0 Å². The number of likely N-dealkylation sites (tertiary alicyclic amines) is 1. The maximum atomic E-state index is 12.8. The van der Waals surface area contributed by atoms with Gasteiger partial charge < -0.3 is 10.2 Å². The first-order valence-electron chi connectivity index (χ1n) is 8.31. The first-order chi connectivity index (χ1) is 9.27. The highest BCUT2D eigenvalue weighted by atomic mass is 16.2. The molecule has 3 nitrogen and oxygen atoms in total. The molecule has 3 atom stereocenters. The van der Waals surface area contributed by atoms with Crippen molar-refractivity contribution in [3.63, 3.8) is 0 Å². The highest BCUT2D eigenvalue weighted by Gasteiger charge is 2.40. The summed E-state index contributed by atoms with van der Waals surface area (Å²) in [5, 5.41) is 3.42. The predicted octanol–water partition coefficient (Wildman–Crippen LogP) is 2.56. The topological polar surface area (TPSA) is 32.3 Å². The first kappa shape index (κ1) is 13.4. The molecule has 1 N–H and O–H groups in total. The number of hydrogen-bond donors (Lipinski definition) is 1. The molecule has 3 unspecified atom stereocenters. The molecule has 0 aromatic heterocycles. The lowest BCUT2D eigenvalue weighted by Crippen LogP contribution is -2.45. The molecule has 2 heterocycles. The van der Waals surface area contributed by atoms with Gasteiger partial charge in [0.1, 0.15) is 0 Å². The Morgan fingerprint density at radius 3 is 2.53 bits per heavy atom. The largest absolute Gasteiger partial charge is 0.339 e. The molecular weight excluding hydrogens is 236 g/mol. The number of amides is 1. The highest BCUT2D eigenvalue weighted by Crippen LogP contribution is 2.35. The maximum absolute atomic E-state index is 12.8. The smallest absolute Gasteiger partial charge is 0.227 e. The van der Waals surface area contributed by atoms with Crippen molar-refractivity contribution >= 4 is 5.91 Å². The summed E-state index contributed by atoms with van der Waals surface area (Å²) in [4.78, 5) is 15.1. The van der Waals surface area contributed by atoms with Crippen molar-refractivity contribution < 1.29 is 4.79 Å². The van der Waals surface area contributed by atoms with Gasteiger partial charge in [0.2, 0.25) is 5.91 Å². The van der Waals surface area contributed by atoms with Gasteiger partial charge in [0.15, 0.2) is 0 Å². The monoisotopic (exact) mass is 264 g/mol. The van der Waals surface area contributed by atoms with E-state index in [2.05, 4.69) is 17.1 Å². The summed E-state index contributed by atoms with van der Waals surface area (Å²) in [5.74, 6) is 1.49. The maximum Gasteiger partial charge on any atom is 0.227 e. The van der Waals surface area contributed by atoms with Crippen LogP contribution in [0.25, 0.3) is 0 Å². The van der Waals surface area contributed by atoms with Crippen LogP contribution in [0.3, 0.4) is 0 Å². The van der Waals surface area contributed by atoms with Crippen molar-refractivity contribution in [1.82, 2.24) is 10.2 Å². The minimum Gasteiger partial charge on any atom is -0.339 e. The minimum absolute atomic E-state index is 0.240. The zero-order valence-corrected chi connectivity index (χ0v) is 12.2. The van der Waals surface area contributed by atoms with Gasteiger partial charge in [0, 0.05) is 18.6 Å². The number of carbonyl (C=O) groups excluding carboxylic acids is 1. The van der Waals surface area contributed by atoms with Crippen LogP contribution in [0.2, 0.25) is 0 Å². The quantitative estimate of drug-likeness (QED) is 0.831. The molecule has 2 saturated heterocycles. The molecule has 1 saturated carbocycles. The van der Waals surface area contributed by atoms with Crippen molar-refractivity contribution in [3.05, 3.63) is 0 Å². The Balaban J connectivity index is 1.66. The Morgan fingerprint density at radius 1 is 1.05 bits per heavy atom. The van der Waals surface area contributed by atoms with E-state index in [1.165, 1.54) is 44.9 Å². The zero-order chi connectivity index (χ0) is 13.2. The van der Waals surface area contributed by atoms with Gasteiger partial charge >= 0.3 is 0 Å². The Kier molecular flexibility index (Phi) is 4.11. The van der Waals surface area contributed by atoms with Gasteiger partial charge in [-0.2, -0.15) is 0 Å². The van der Waals surface area contributed by atoms with Gasteiger partial charge in [-0.3, -0.25) is 4.79 Å². The fraction of sp³-hybridized carbons (Fsp3) is 0.938. The predicted molar refractivity (Wildman–Crippen MR) is 76.9 cm³/mol. The molecule has 0 radical (unpaired) electrons. The molecule has 19 heavy (non-hydrogen) atoms. The summed E-state index contributed by atoms with van der Waals surface area (Å²) in [6, 6.07) is 0.945. The SMILES string of the molecule is CC1NCCC1C(=O)N1CCCC1C1CCCCC1. The molecule has 2 aliphatic heterocycles. The average Bonchev–Trinajstić information content (AvgIpc) is 3.07. The van der Waals surface area contributed by atoms with Crippen molar-refractivity contribution in [1.29, 1.82) is 0 Å². The second kappa shape index (κ2) is 5.82. The summed E-state index contributed by atoms with van der Waals surface area (Å²) in [7, 11) is 0. The van der Waals surface area contributed by atoms with E-state index in [4.69, 9.17) is 0 Å². The molecule has 1 aliphatic carbocycles. The molecular formula is C16H28N2O. The van der Waals surface area contributed by atoms with E-state index in [-0.39, 0.29) is 5.92 Å². The highest BCUT2D eigenvalue weighted by molar-refractivity contribution is 5.80. The molecule has 3 aliphatic rings. The van der Waals surface area contributed by atoms with Crippen molar-refractivity contribution in [3.8, 4) is 0 Å². The summed E-state index contributed by atoms with van der Waals surface area (Å²) in [6.07, 6.45) is 10.4. The Bertz CT molecular complexity index is 325. The molecule has 0 bridgehead atoms. The summed E-state index contributed by atoms with van der Waals surface area (Å²) in [5.41, 5.74) is 0. The van der Waals surface area contributed by atoms with Gasteiger partial charge in [0.25, 0.3) is 0 Å². The van der Waals surface area contributed by atoms with E-state index in [1.54, 1.807) is 0 Å². The Hall–Kier alpha value is -0.570. The van der Waals surface area contributed by atoms with Gasteiger partial charge in [-0.25, -0.2) is 0 Å². The van der Waals surface area contributed by atoms with E-state index in [9.17, 15) is 4.79 Å². The first-order valence-corrected chi connectivity index (χ1v) is 8.31. The number of carbonyl (C=O) groups is 1. The van der Waals surface area contributed by atoms with Crippen molar-refractivity contribution in [2.45, 2.75) is 70.4 Å². The van der Waals surface area contributed by atoms with Gasteiger partial charge in [-0.05, 0) is 51.5 Å². The van der Waals surface area contributed by atoms with Gasteiger partial charge in [0.05, 0.1) is 5.92 Å². The third-order valence-corrected chi connectivity index (χ3v) is 5.62. The van der Waals surface area contributed by atoms with Crippen LogP contribution < -0.4 is 5.32 Å². The molecule has 1 amide bonds. The Labute approximate surface area is 117 Å². The van der Waals surface area contributed by atoms with E-state index in [0.717, 1.165) is 25.4 Å². The molecule has 0 spiro atoms.